The number of benzene rings is 1. The van der Waals surface area contributed by atoms with Crippen LogP contribution in [-0.2, 0) is 11.2 Å². The standard InChI is InChI=1S/C20H25N7O2/c1-27-15-7-6-12(8-11(15)9-17(27)28)24-20-18(19(22)29)23-10-16(26-20)25-14-5-3-2-4-13(14)21/h6-8,10,13-14H,2-5,9,21H2,1H3,(H2,22,29)(H2,24,25,26). The van der Waals surface area contributed by atoms with E-state index in [0.717, 1.165) is 36.9 Å². The van der Waals surface area contributed by atoms with Gasteiger partial charge in [-0.05, 0) is 36.6 Å². The van der Waals surface area contributed by atoms with E-state index in [-0.39, 0.29) is 29.5 Å². The van der Waals surface area contributed by atoms with Crippen molar-refractivity contribution in [3.05, 3.63) is 35.7 Å². The summed E-state index contributed by atoms with van der Waals surface area (Å²) >= 11 is 0. The first-order chi connectivity index (χ1) is 13.9. The zero-order valence-electron chi connectivity index (χ0n) is 16.3. The van der Waals surface area contributed by atoms with Crippen molar-refractivity contribution in [3.63, 3.8) is 0 Å². The second-order valence-corrected chi connectivity index (χ2v) is 7.61. The van der Waals surface area contributed by atoms with Gasteiger partial charge in [-0.25, -0.2) is 9.97 Å². The number of anilines is 4. The van der Waals surface area contributed by atoms with E-state index in [1.54, 1.807) is 11.9 Å². The number of nitrogens with one attached hydrogen (secondary N) is 2. The van der Waals surface area contributed by atoms with Gasteiger partial charge in [0.15, 0.2) is 11.5 Å². The van der Waals surface area contributed by atoms with Gasteiger partial charge in [0.25, 0.3) is 5.91 Å². The SMILES string of the molecule is CN1C(=O)Cc2cc(Nc3nc(NC4CCCCC4N)cnc3C(N)=O)ccc21. The Labute approximate surface area is 168 Å². The number of fused-ring (bicyclic) bond motifs is 1. The molecule has 1 aliphatic carbocycles. The Morgan fingerprint density at radius 3 is 2.83 bits per heavy atom. The number of aromatic nitrogens is 2. The lowest BCUT2D eigenvalue weighted by Crippen LogP contribution is -2.42. The summed E-state index contributed by atoms with van der Waals surface area (Å²) in [4.78, 5) is 34.1. The molecule has 1 fully saturated rings. The number of nitrogens with two attached hydrogens (primary N) is 2. The smallest absolute Gasteiger partial charge is 0.271 e. The normalized spacial score (nSPS) is 21.0. The highest BCUT2D eigenvalue weighted by Gasteiger charge is 2.25. The van der Waals surface area contributed by atoms with Crippen LogP contribution in [0.25, 0.3) is 0 Å². The number of carbonyl (C=O) groups is 2. The Hall–Kier alpha value is -3.20. The lowest BCUT2D eigenvalue weighted by molar-refractivity contribution is -0.117. The van der Waals surface area contributed by atoms with Crippen LogP contribution in [0.5, 0.6) is 0 Å². The Morgan fingerprint density at radius 1 is 1.28 bits per heavy atom. The fourth-order valence-corrected chi connectivity index (χ4v) is 3.94. The molecule has 0 bridgehead atoms. The van der Waals surface area contributed by atoms with Crippen LogP contribution in [0.1, 0.15) is 41.7 Å². The number of nitrogens with zero attached hydrogens (tertiary/aromatic N) is 3. The minimum atomic E-state index is -0.669. The molecule has 2 unspecified atom stereocenters. The average molecular weight is 395 g/mol. The highest BCUT2D eigenvalue weighted by molar-refractivity contribution is 6.01. The van der Waals surface area contributed by atoms with Gasteiger partial charge in [-0.1, -0.05) is 12.8 Å². The highest BCUT2D eigenvalue weighted by atomic mass is 16.2. The quantitative estimate of drug-likeness (QED) is 0.602. The van der Waals surface area contributed by atoms with Gasteiger partial charge in [0.1, 0.15) is 5.82 Å². The van der Waals surface area contributed by atoms with Gasteiger partial charge in [-0.2, -0.15) is 0 Å². The van der Waals surface area contributed by atoms with Crippen LogP contribution in [0, 0.1) is 0 Å². The first kappa shape index (κ1) is 19.1. The fraction of sp³-hybridized carbons (Fsp3) is 0.400. The van der Waals surface area contributed by atoms with Gasteiger partial charge in [-0.3, -0.25) is 9.59 Å². The summed E-state index contributed by atoms with van der Waals surface area (Å²) in [5, 5.41) is 6.46. The Kier molecular flexibility index (Phi) is 5.06. The maximum absolute atomic E-state index is 11.9. The number of carbonyl (C=O) groups excluding carboxylic acids is 2. The van der Waals surface area contributed by atoms with Crippen LogP contribution in [0.2, 0.25) is 0 Å². The minimum Gasteiger partial charge on any atom is -0.364 e. The summed E-state index contributed by atoms with van der Waals surface area (Å²) in [5.74, 6) is 0.183. The first-order valence-electron chi connectivity index (χ1n) is 9.78. The maximum Gasteiger partial charge on any atom is 0.271 e. The van der Waals surface area contributed by atoms with Crippen molar-refractivity contribution in [2.45, 2.75) is 44.2 Å². The van der Waals surface area contributed by atoms with Gasteiger partial charge in [0, 0.05) is 30.5 Å². The summed E-state index contributed by atoms with van der Waals surface area (Å²) < 4.78 is 0. The molecule has 1 aromatic heterocycles. The Balaban J connectivity index is 1.59. The lowest BCUT2D eigenvalue weighted by atomic mass is 9.91. The Bertz CT molecular complexity index is 962. The van der Waals surface area contributed by atoms with Crippen molar-refractivity contribution in [2.75, 3.05) is 22.6 Å². The predicted molar refractivity (Wildman–Crippen MR) is 111 cm³/mol. The fourth-order valence-electron chi connectivity index (χ4n) is 3.94. The molecule has 1 aliphatic heterocycles. The molecule has 2 aliphatic rings. The summed E-state index contributed by atoms with van der Waals surface area (Å²) in [7, 11) is 1.75. The zero-order valence-corrected chi connectivity index (χ0v) is 16.3. The van der Waals surface area contributed by atoms with Gasteiger partial charge in [0.05, 0.1) is 12.6 Å². The largest absolute Gasteiger partial charge is 0.364 e. The van der Waals surface area contributed by atoms with E-state index in [0.29, 0.717) is 17.9 Å². The third-order valence-corrected chi connectivity index (χ3v) is 5.58. The van der Waals surface area contributed by atoms with Crippen LogP contribution in [0.4, 0.5) is 23.0 Å². The summed E-state index contributed by atoms with van der Waals surface area (Å²) in [5.41, 5.74) is 14.2. The van der Waals surface area contributed by atoms with E-state index in [1.807, 2.05) is 18.2 Å². The molecule has 0 radical (unpaired) electrons. The van der Waals surface area contributed by atoms with Crippen molar-refractivity contribution in [2.24, 2.45) is 11.5 Å². The third-order valence-electron chi connectivity index (χ3n) is 5.58. The molecular weight excluding hydrogens is 370 g/mol. The molecular formula is C20H25N7O2. The molecule has 29 heavy (non-hydrogen) atoms. The third kappa shape index (κ3) is 3.86. The topological polar surface area (TPSA) is 139 Å². The second-order valence-electron chi connectivity index (χ2n) is 7.61. The zero-order chi connectivity index (χ0) is 20.5. The summed E-state index contributed by atoms with van der Waals surface area (Å²) in [6, 6.07) is 5.75. The molecule has 2 heterocycles. The van der Waals surface area contributed by atoms with Crippen molar-refractivity contribution >= 4 is 34.8 Å². The molecule has 6 N–H and O–H groups in total. The average Bonchev–Trinajstić information content (AvgIpc) is 2.97. The van der Waals surface area contributed by atoms with E-state index in [9.17, 15) is 9.59 Å². The van der Waals surface area contributed by atoms with Crippen LogP contribution in [-0.4, -0.2) is 40.9 Å². The first-order valence-corrected chi connectivity index (χ1v) is 9.78. The monoisotopic (exact) mass is 395 g/mol. The van der Waals surface area contributed by atoms with Gasteiger partial charge < -0.3 is 27.0 Å². The van der Waals surface area contributed by atoms with Crippen molar-refractivity contribution in [3.8, 4) is 0 Å². The lowest BCUT2D eigenvalue weighted by Gasteiger charge is -2.29. The van der Waals surface area contributed by atoms with Crippen molar-refractivity contribution in [1.82, 2.24) is 9.97 Å². The Morgan fingerprint density at radius 2 is 2.07 bits per heavy atom. The molecule has 2 amide bonds. The molecule has 9 heteroatoms. The molecule has 152 valence electrons. The molecule has 4 rings (SSSR count). The summed E-state index contributed by atoms with van der Waals surface area (Å²) in [6.45, 7) is 0. The number of amides is 2. The van der Waals surface area contributed by atoms with E-state index >= 15 is 0 Å². The van der Waals surface area contributed by atoms with E-state index in [2.05, 4.69) is 20.6 Å². The summed E-state index contributed by atoms with van der Waals surface area (Å²) in [6.07, 6.45) is 6.03. The highest BCUT2D eigenvalue weighted by Crippen LogP contribution is 2.31. The maximum atomic E-state index is 11.9. The molecule has 9 nitrogen and oxygen atoms in total. The number of rotatable bonds is 5. The van der Waals surface area contributed by atoms with Crippen LogP contribution >= 0.6 is 0 Å². The number of likely N-dealkylation sites (N-methyl/N-ethyl adjacent to an activating group) is 1. The van der Waals surface area contributed by atoms with Gasteiger partial charge >= 0.3 is 0 Å². The molecule has 2 aromatic rings. The molecule has 0 spiro atoms. The number of hydrogen-bond donors (Lipinski definition) is 4. The number of primary amides is 1. The second kappa shape index (κ2) is 7.67. The van der Waals surface area contributed by atoms with Gasteiger partial charge in [0.2, 0.25) is 5.91 Å². The molecule has 1 aromatic carbocycles. The predicted octanol–water partition coefficient (Wildman–Crippen LogP) is 1.52. The minimum absolute atomic E-state index is 0.0461. The van der Waals surface area contributed by atoms with Gasteiger partial charge in [-0.15, -0.1) is 0 Å². The van der Waals surface area contributed by atoms with Crippen molar-refractivity contribution in [1.29, 1.82) is 0 Å². The molecule has 2 atom stereocenters. The van der Waals surface area contributed by atoms with Crippen LogP contribution < -0.4 is 27.0 Å². The van der Waals surface area contributed by atoms with Crippen LogP contribution in [0.15, 0.2) is 24.4 Å². The number of hydrogen-bond acceptors (Lipinski definition) is 7. The molecule has 1 saturated carbocycles. The van der Waals surface area contributed by atoms with E-state index in [4.69, 9.17) is 11.5 Å². The van der Waals surface area contributed by atoms with Crippen LogP contribution in [0.3, 0.4) is 0 Å². The van der Waals surface area contributed by atoms with E-state index in [1.165, 1.54) is 6.20 Å². The van der Waals surface area contributed by atoms with Crippen molar-refractivity contribution < 1.29 is 9.59 Å². The molecule has 0 saturated heterocycles. The van der Waals surface area contributed by atoms with E-state index < -0.39 is 5.91 Å².